The van der Waals surface area contributed by atoms with Crippen molar-refractivity contribution in [1.29, 1.82) is 0 Å². The Balaban J connectivity index is 0.00000484. The molecule has 11 heteroatoms. The average Bonchev–Trinajstić information content (AvgIpc) is 2.45. The SMILES string of the molecule is CC(C(=O)[AsH]CCS(=O)(=O)[O-])S(=O)(=O)C(=S)c1ccccc1.[Na+]. The molecule has 0 aliphatic rings. The van der Waals surface area contributed by atoms with Gasteiger partial charge >= 0.3 is 171 Å². The van der Waals surface area contributed by atoms with Gasteiger partial charge < -0.3 is 0 Å². The molecule has 0 saturated heterocycles. The molecular weight excluding hydrogens is 434 g/mol. The van der Waals surface area contributed by atoms with E-state index in [1.807, 2.05) is 0 Å². The zero-order valence-corrected chi connectivity index (χ0v) is 19.1. The number of thiocarbonyl (C=S) groups is 1. The minimum absolute atomic E-state index is 0. The Hall–Kier alpha value is 0.398. The molecule has 1 aromatic rings. The van der Waals surface area contributed by atoms with E-state index < -0.39 is 51.3 Å². The van der Waals surface area contributed by atoms with Crippen LogP contribution in [0.25, 0.3) is 0 Å². The van der Waals surface area contributed by atoms with Gasteiger partial charge in [-0.25, -0.2) is 0 Å². The maximum absolute atomic E-state index is 12.3. The van der Waals surface area contributed by atoms with Crippen LogP contribution in [0.4, 0.5) is 0 Å². The van der Waals surface area contributed by atoms with E-state index in [0.717, 1.165) is 0 Å². The summed E-state index contributed by atoms with van der Waals surface area (Å²) in [4.78, 5) is 11.9. The van der Waals surface area contributed by atoms with E-state index in [1.165, 1.54) is 19.1 Å². The van der Waals surface area contributed by atoms with E-state index in [9.17, 15) is 26.2 Å². The third-order valence-corrected chi connectivity index (χ3v) is 10.2. The fourth-order valence-corrected chi connectivity index (χ4v) is 8.22. The molecule has 0 amide bonds. The summed E-state index contributed by atoms with van der Waals surface area (Å²) in [6.07, 6.45) is 0. The zero-order valence-electron chi connectivity index (χ0n) is 12.6. The molecule has 0 bridgehead atoms. The van der Waals surface area contributed by atoms with Crippen molar-refractivity contribution in [3.63, 3.8) is 0 Å². The first kappa shape index (κ1) is 23.4. The van der Waals surface area contributed by atoms with Crippen LogP contribution in [0, 0.1) is 0 Å². The van der Waals surface area contributed by atoms with Crippen LogP contribution in [0.2, 0.25) is 5.21 Å². The largest absolute Gasteiger partial charge is 1.00 e. The molecule has 0 saturated carbocycles. The van der Waals surface area contributed by atoms with Crippen LogP contribution in [-0.4, -0.2) is 56.9 Å². The van der Waals surface area contributed by atoms with Crippen molar-refractivity contribution >= 4 is 56.7 Å². The molecule has 0 heterocycles. The normalized spacial score (nSPS) is 13.5. The molecule has 0 aliphatic heterocycles. The second kappa shape index (κ2) is 9.77. The van der Waals surface area contributed by atoms with Crippen LogP contribution < -0.4 is 29.6 Å². The van der Waals surface area contributed by atoms with Gasteiger partial charge in [-0.3, -0.25) is 0 Å². The van der Waals surface area contributed by atoms with E-state index in [4.69, 9.17) is 12.2 Å². The number of carbonyl (C=O) groups is 1. The molecule has 122 valence electrons. The average molecular weight is 448 g/mol. The fourth-order valence-electron chi connectivity index (χ4n) is 1.48. The van der Waals surface area contributed by atoms with Crippen LogP contribution in [0.3, 0.4) is 0 Å². The zero-order chi connectivity index (χ0) is 17.0. The second-order valence-corrected chi connectivity index (χ2v) is 11.6. The Labute approximate surface area is 170 Å². The van der Waals surface area contributed by atoms with Gasteiger partial charge in [0.05, 0.1) is 0 Å². The maximum Gasteiger partial charge on any atom is 1.00 e. The molecule has 6 nitrogen and oxygen atoms in total. The van der Waals surface area contributed by atoms with Crippen molar-refractivity contribution in [3.05, 3.63) is 35.9 Å². The first-order chi connectivity index (χ1) is 10.1. The number of rotatable bonds is 7. The van der Waals surface area contributed by atoms with Gasteiger partial charge in [-0.05, 0) is 0 Å². The second-order valence-electron chi connectivity index (χ2n) is 4.39. The van der Waals surface area contributed by atoms with Crippen molar-refractivity contribution in [2.24, 2.45) is 0 Å². The van der Waals surface area contributed by atoms with Gasteiger partial charge in [0.1, 0.15) is 0 Å². The number of sulfone groups is 1. The predicted octanol–water partition coefficient (Wildman–Crippen LogP) is -2.90. The molecule has 2 atom stereocenters. The number of benzene rings is 1. The minimum atomic E-state index is -4.39. The number of hydrogen-bond donors (Lipinski definition) is 0. The Bertz CT molecular complexity index is 761. The molecule has 23 heavy (non-hydrogen) atoms. The molecule has 1 aromatic carbocycles. The quantitative estimate of drug-likeness (QED) is 0.250. The monoisotopic (exact) mass is 448 g/mol. The van der Waals surface area contributed by atoms with Crippen molar-refractivity contribution < 1.29 is 55.7 Å². The number of hydrogen-bond acceptors (Lipinski definition) is 7. The Morgan fingerprint density at radius 1 is 1.22 bits per heavy atom. The van der Waals surface area contributed by atoms with Gasteiger partial charge in [0.15, 0.2) is 0 Å². The standard InChI is InChI=1S/C12H15AsO6S3.Na/c1-9(11(14)13-7-8-21(15,16)17)22(18,19)12(20)10-5-3-2-4-6-10;/h2-6,9,13H,7-8H2,1H3,(H,15,16,17);/q;+1/p-1. The molecule has 0 radical (unpaired) electrons. The van der Waals surface area contributed by atoms with E-state index in [2.05, 4.69) is 0 Å². The molecular formula is C12H14AsNaO6S3. The Morgan fingerprint density at radius 2 is 1.74 bits per heavy atom. The van der Waals surface area contributed by atoms with Gasteiger partial charge in [-0.2, -0.15) is 0 Å². The van der Waals surface area contributed by atoms with Crippen molar-refractivity contribution in [1.82, 2.24) is 0 Å². The first-order valence-electron chi connectivity index (χ1n) is 6.10. The van der Waals surface area contributed by atoms with E-state index in [-0.39, 0.29) is 39.0 Å². The molecule has 1 rings (SSSR count). The van der Waals surface area contributed by atoms with Gasteiger partial charge in [-0.15, -0.1) is 0 Å². The van der Waals surface area contributed by atoms with Crippen LogP contribution in [0.15, 0.2) is 30.3 Å². The van der Waals surface area contributed by atoms with E-state index >= 15 is 0 Å². The van der Waals surface area contributed by atoms with Gasteiger partial charge in [0, 0.05) is 0 Å². The summed E-state index contributed by atoms with van der Waals surface area (Å²) in [6, 6.07) is 8.06. The number of carbonyl (C=O) groups excluding carboxylic acids is 1. The summed E-state index contributed by atoms with van der Waals surface area (Å²) in [5, 5.41) is -1.41. The molecule has 0 aromatic heterocycles. The third kappa shape index (κ3) is 7.44. The maximum atomic E-state index is 12.3. The summed E-state index contributed by atoms with van der Waals surface area (Å²) in [5.74, 6) is -0.644. The Morgan fingerprint density at radius 3 is 2.22 bits per heavy atom. The van der Waals surface area contributed by atoms with Gasteiger partial charge in [-0.1, -0.05) is 0 Å². The predicted molar refractivity (Wildman–Crippen MR) is 88.1 cm³/mol. The summed E-state index contributed by atoms with van der Waals surface area (Å²) < 4.78 is 55.2. The summed E-state index contributed by atoms with van der Waals surface area (Å²) in [7, 11) is -8.36. The fraction of sp³-hybridized carbons (Fsp3) is 0.333. The van der Waals surface area contributed by atoms with Crippen molar-refractivity contribution in [2.45, 2.75) is 17.4 Å². The third-order valence-electron chi connectivity index (χ3n) is 2.75. The van der Waals surface area contributed by atoms with Crippen molar-refractivity contribution in [3.8, 4) is 0 Å². The topological polar surface area (TPSA) is 108 Å². The van der Waals surface area contributed by atoms with Crippen molar-refractivity contribution in [2.75, 3.05) is 5.75 Å². The molecule has 2 unspecified atom stereocenters. The van der Waals surface area contributed by atoms with Crippen LogP contribution in [0.5, 0.6) is 0 Å². The molecule has 0 fully saturated rings. The molecule has 0 spiro atoms. The van der Waals surface area contributed by atoms with Crippen LogP contribution >= 0.6 is 12.2 Å². The van der Waals surface area contributed by atoms with Crippen LogP contribution in [-0.2, 0) is 24.7 Å². The Kier molecular flexibility index (Phi) is 9.94. The van der Waals surface area contributed by atoms with Gasteiger partial charge in [0.25, 0.3) is 0 Å². The summed E-state index contributed by atoms with van der Waals surface area (Å²) in [5.41, 5.74) is 0.333. The summed E-state index contributed by atoms with van der Waals surface area (Å²) in [6.45, 7) is 1.24. The van der Waals surface area contributed by atoms with E-state index in [0.29, 0.717) is 5.56 Å². The van der Waals surface area contributed by atoms with E-state index in [1.54, 1.807) is 18.2 Å². The molecule has 0 N–H and O–H groups in total. The smallest absolute Gasteiger partial charge is 1.00 e. The van der Waals surface area contributed by atoms with Crippen LogP contribution in [0.1, 0.15) is 12.5 Å². The summed E-state index contributed by atoms with van der Waals surface area (Å²) >= 11 is 3.45. The first-order valence-corrected chi connectivity index (χ1v) is 12.2. The molecule has 0 aliphatic carbocycles. The minimum Gasteiger partial charge on any atom is 1.00 e. The van der Waals surface area contributed by atoms with Gasteiger partial charge in [0.2, 0.25) is 0 Å².